The van der Waals surface area contributed by atoms with Crippen LogP contribution in [0.3, 0.4) is 0 Å². The van der Waals surface area contributed by atoms with Crippen LogP contribution in [0.2, 0.25) is 0 Å². The molecule has 2 aliphatic rings. The van der Waals surface area contributed by atoms with Gasteiger partial charge in [0.2, 0.25) is 0 Å². The van der Waals surface area contributed by atoms with E-state index < -0.39 is 0 Å². The minimum atomic E-state index is 0.766. The molecule has 0 aromatic heterocycles. The summed E-state index contributed by atoms with van der Waals surface area (Å²) in [7, 11) is 0. The van der Waals surface area contributed by atoms with Crippen molar-refractivity contribution in [2.75, 3.05) is 32.8 Å². The molecule has 1 saturated heterocycles. The molecular formula is C11H22N2O. The van der Waals surface area contributed by atoms with Gasteiger partial charge in [-0.05, 0) is 25.2 Å². The first-order chi connectivity index (χ1) is 6.90. The second kappa shape index (κ2) is 5.10. The molecule has 1 atom stereocenters. The molecule has 0 aromatic rings. The van der Waals surface area contributed by atoms with Gasteiger partial charge >= 0.3 is 0 Å². The van der Waals surface area contributed by atoms with Crippen molar-refractivity contribution >= 4 is 0 Å². The Hall–Kier alpha value is -0.120. The molecule has 1 aliphatic carbocycles. The SMILES string of the molecule is NCCN(CC1CCOC1)C1CCC1. The number of nitrogens with zero attached hydrogens (tertiary/aromatic N) is 1. The van der Waals surface area contributed by atoms with Gasteiger partial charge in [0.1, 0.15) is 0 Å². The summed E-state index contributed by atoms with van der Waals surface area (Å²) < 4.78 is 5.41. The van der Waals surface area contributed by atoms with Crippen molar-refractivity contribution in [3.63, 3.8) is 0 Å². The van der Waals surface area contributed by atoms with Gasteiger partial charge < -0.3 is 10.5 Å². The molecule has 2 fully saturated rings. The smallest absolute Gasteiger partial charge is 0.0507 e. The summed E-state index contributed by atoms with van der Waals surface area (Å²) in [5.41, 5.74) is 5.65. The van der Waals surface area contributed by atoms with Gasteiger partial charge in [-0.2, -0.15) is 0 Å². The van der Waals surface area contributed by atoms with E-state index in [-0.39, 0.29) is 0 Å². The van der Waals surface area contributed by atoms with Crippen LogP contribution in [0.25, 0.3) is 0 Å². The fourth-order valence-corrected chi connectivity index (χ4v) is 2.40. The number of nitrogens with two attached hydrogens (primary N) is 1. The standard InChI is InChI=1S/C11H22N2O/c12-5-6-13(11-2-1-3-11)8-10-4-7-14-9-10/h10-11H,1-9,12H2. The maximum absolute atomic E-state index is 5.65. The summed E-state index contributed by atoms with van der Waals surface area (Å²) in [5, 5.41) is 0. The molecule has 1 saturated carbocycles. The Kier molecular flexibility index (Phi) is 3.79. The van der Waals surface area contributed by atoms with Gasteiger partial charge in [-0.15, -0.1) is 0 Å². The Morgan fingerprint density at radius 3 is 2.64 bits per heavy atom. The first-order valence-electron chi connectivity index (χ1n) is 5.92. The van der Waals surface area contributed by atoms with Crippen LogP contribution in [-0.4, -0.2) is 43.8 Å². The number of rotatable bonds is 5. The van der Waals surface area contributed by atoms with Crippen LogP contribution in [0, 0.1) is 5.92 Å². The van der Waals surface area contributed by atoms with E-state index in [0.717, 1.165) is 38.3 Å². The molecule has 1 unspecified atom stereocenters. The summed E-state index contributed by atoms with van der Waals surface area (Å²) in [6.45, 7) is 5.01. The minimum absolute atomic E-state index is 0.766. The molecule has 14 heavy (non-hydrogen) atoms. The van der Waals surface area contributed by atoms with Crippen molar-refractivity contribution in [1.82, 2.24) is 4.90 Å². The fourth-order valence-electron chi connectivity index (χ4n) is 2.40. The van der Waals surface area contributed by atoms with Crippen molar-refractivity contribution in [2.24, 2.45) is 11.7 Å². The highest BCUT2D eigenvalue weighted by Gasteiger charge is 2.27. The molecule has 2 rings (SSSR count). The molecule has 1 heterocycles. The normalized spacial score (nSPS) is 28.3. The van der Waals surface area contributed by atoms with Gasteiger partial charge in [0.05, 0.1) is 6.61 Å². The van der Waals surface area contributed by atoms with E-state index in [4.69, 9.17) is 10.5 Å². The van der Waals surface area contributed by atoms with Crippen LogP contribution in [-0.2, 0) is 4.74 Å². The summed E-state index contributed by atoms with van der Waals surface area (Å²) in [5.74, 6) is 0.766. The van der Waals surface area contributed by atoms with E-state index in [9.17, 15) is 0 Å². The van der Waals surface area contributed by atoms with E-state index in [1.165, 1.54) is 32.2 Å². The molecule has 0 spiro atoms. The van der Waals surface area contributed by atoms with E-state index in [0.29, 0.717) is 0 Å². The first-order valence-corrected chi connectivity index (χ1v) is 5.92. The van der Waals surface area contributed by atoms with Gasteiger partial charge in [-0.25, -0.2) is 0 Å². The van der Waals surface area contributed by atoms with Gasteiger partial charge in [0.25, 0.3) is 0 Å². The van der Waals surface area contributed by atoms with E-state index in [2.05, 4.69) is 4.90 Å². The summed E-state index contributed by atoms with van der Waals surface area (Å²) >= 11 is 0. The number of hydrogen-bond acceptors (Lipinski definition) is 3. The molecule has 3 nitrogen and oxygen atoms in total. The quantitative estimate of drug-likeness (QED) is 0.711. The molecule has 0 amide bonds. The van der Waals surface area contributed by atoms with Crippen molar-refractivity contribution in [1.29, 1.82) is 0 Å². The van der Waals surface area contributed by atoms with Crippen molar-refractivity contribution in [3.05, 3.63) is 0 Å². The van der Waals surface area contributed by atoms with Crippen LogP contribution < -0.4 is 5.73 Å². The lowest BCUT2D eigenvalue weighted by Crippen LogP contribution is -2.45. The molecule has 0 radical (unpaired) electrons. The molecule has 0 bridgehead atoms. The molecule has 82 valence electrons. The molecule has 2 N–H and O–H groups in total. The maximum atomic E-state index is 5.65. The van der Waals surface area contributed by atoms with Crippen molar-refractivity contribution in [3.8, 4) is 0 Å². The largest absolute Gasteiger partial charge is 0.381 e. The van der Waals surface area contributed by atoms with Crippen molar-refractivity contribution in [2.45, 2.75) is 31.7 Å². The number of hydrogen-bond donors (Lipinski definition) is 1. The first kappa shape index (κ1) is 10.4. The highest BCUT2D eigenvalue weighted by atomic mass is 16.5. The Balaban J connectivity index is 1.76. The van der Waals surface area contributed by atoms with Crippen LogP contribution >= 0.6 is 0 Å². The van der Waals surface area contributed by atoms with Crippen molar-refractivity contribution < 1.29 is 4.74 Å². The van der Waals surface area contributed by atoms with E-state index in [1.807, 2.05) is 0 Å². The average molecular weight is 198 g/mol. The lowest BCUT2D eigenvalue weighted by molar-refractivity contribution is 0.103. The summed E-state index contributed by atoms with van der Waals surface area (Å²) in [4.78, 5) is 2.59. The van der Waals surface area contributed by atoms with Crippen LogP contribution in [0.5, 0.6) is 0 Å². The fraction of sp³-hybridized carbons (Fsp3) is 1.00. The van der Waals surface area contributed by atoms with Gasteiger partial charge in [-0.1, -0.05) is 6.42 Å². The third-order valence-electron chi connectivity index (χ3n) is 3.52. The zero-order chi connectivity index (χ0) is 9.80. The monoisotopic (exact) mass is 198 g/mol. The van der Waals surface area contributed by atoms with Gasteiger partial charge in [-0.3, -0.25) is 4.90 Å². The minimum Gasteiger partial charge on any atom is -0.381 e. The molecular weight excluding hydrogens is 176 g/mol. The summed E-state index contributed by atoms with van der Waals surface area (Å²) in [6, 6.07) is 0.833. The third kappa shape index (κ3) is 2.47. The predicted octanol–water partition coefficient (Wildman–Crippen LogP) is 0.836. The highest BCUT2D eigenvalue weighted by Crippen LogP contribution is 2.26. The maximum Gasteiger partial charge on any atom is 0.0507 e. The topological polar surface area (TPSA) is 38.5 Å². The Bertz CT molecular complexity index is 165. The lowest BCUT2D eigenvalue weighted by Gasteiger charge is -2.38. The van der Waals surface area contributed by atoms with E-state index >= 15 is 0 Å². The molecule has 3 heteroatoms. The molecule has 1 aliphatic heterocycles. The third-order valence-corrected chi connectivity index (χ3v) is 3.52. The van der Waals surface area contributed by atoms with E-state index in [1.54, 1.807) is 0 Å². The Labute approximate surface area is 86.6 Å². The zero-order valence-electron chi connectivity index (χ0n) is 8.95. The molecule has 0 aromatic carbocycles. The second-order valence-electron chi connectivity index (χ2n) is 4.60. The second-order valence-corrected chi connectivity index (χ2v) is 4.60. The predicted molar refractivity (Wildman–Crippen MR) is 57.2 cm³/mol. The number of ether oxygens (including phenoxy) is 1. The highest BCUT2D eigenvalue weighted by molar-refractivity contribution is 4.82. The Morgan fingerprint density at radius 2 is 2.14 bits per heavy atom. The van der Waals surface area contributed by atoms with Gasteiger partial charge in [0, 0.05) is 32.3 Å². The lowest BCUT2D eigenvalue weighted by atomic mass is 9.90. The average Bonchev–Trinajstić information content (AvgIpc) is 2.54. The Morgan fingerprint density at radius 1 is 1.29 bits per heavy atom. The van der Waals surface area contributed by atoms with Crippen LogP contribution in [0.15, 0.2) is 0 Å². The summed E-state index contributed by atoms with van der Waals surface area (Å²) in [6.07, 6.45) is 5.42. The van der Waals surface area contributed by atoms with Crippen LogP contribution in [0.4, 0.5) is 0 Å². The zero-order valence-corrected chi connectivity index (χ0v) is 8.95. The van der Waals surface area contributed by atoms with Crippen LogP contribution in [0.1, 0.15) is 25.7 Å². The van der Waals surface area contributed by atoms with Gasteiger partial charge in [0.15, 0.2) is 0 Å².